The highest BCUT2D eigenvalue weighted by Gasteiger charge is 2.41. The lowest BCUT2D eigenvalue weighted by Gasteiger charge is -2.27. The Morgan fingerprint density at radius 3 is 2.14 bits per heavy atom. The molecule has 1 aliphatic heterocycles. The maximum atomic E-state index is 13.1. The minimum absolute atomic E-state index is 0.214. The molecule has 0 aromatic heterocycles. The summed E-state index contributed by atoms with van der Waals surface area (Å²) in [6.45, 7) is 4.12. The molecule has 1 amide bonds. The maximum absolute atomic E-state index is 13.1. The summed E-state index contributed by atoms with van der Waals surface area (Å²) in [7, 11) is 0. The number of hydrogen-bond donors (Lipinski definition) is 1. The SMILES string of the molecule is CCc1ccc([C@H]2C(c3ccc(C)cc3)=C(O)C(=O)N2c2ccc(Cl)cc2)cc1. The van der Waals surface area contributed by atoms with Gasteiger partial charge in [-0.05, 0) is 54.3 Å². The Hall–Kier alpha value is -3.04. The van der Waals surface area contributed by atoms with Crippen molar-refractivity contribution >= 4 is 28.8 Å². The second-order valence-electron chi connectivity index (χ2n) is 7.28. The van der Waals surface area contributed by atoms with Gasteiger partial charge >= 0.3 is 0 Å². The highest BCUT2D eigenvalue weighted by atomic mass is 35.5. The minimum Gasteiger partial charge on any atom is -0.503 e. The Bertz CT molecular complexity index is 1070. The molecule has 0 saturated heterocycles. The van der Waals surface area contributed by atoms with E-state index < -0.39 is 11.9 Å². The van der Waals surface area contributed by atoms with E-state index in [0.717, 1.165) is 23.1 Å². The van der Waals surface area contributed by atoms with E-state index in [1.54, 1.807) is 29.2 Å². The number of nitrogens with zero attached hydrogens (tertiary/aromatic N) is 1. The Labute approximate surface area is 175 Å². The topological polar surface area (TPSA) is 40.5 Å². The lowest BCUT2D eigenvalue weighted by atomic mass is 9.92. The number of aliphatic hydroxyl groups is 1. The van der Waals surface area contributed by atoms with E-state index in [1.165, 1.54) is 5.56 Å². The molecule has 0 saturated carbocycles. The number of hydrogen-bond acceptors (Lipinski definition) is 2. The average molecular weight is 404 g/mol. The number of anilines is 1. The lowest BCUT2D eigenvalue weighted by Crippen LogP contribution is -2.30. The largest absolute Gasteiger partial charge is 0.503 e. The third-order valence-corrected chi connectivity index (χ3v) is 5.63. The first-order valence-corrected chi connectivity index (χ1v) is 10.1. The minimum atomic E-state index is -0.419. The average Bonchev–Trinajstić information content (AvgIpc) is 3.00. The summed E-state index contributed by atoms with van der Waals surface area (Å²) in [5.74, 6) is -0.624. The number of carbonyl (C=O) groups excluding carboxylic acids is 1. The fraction of sp³-hybridized carbons (Fsp3) is 0.160. The zero-order valence-electron chi connectivity index (χ0n) is 16.4. The highest BCUT2D eigenvalue weighted by Crippen LogP contribution is 2.45. The normalized spacial score (nSPS) is 16.6. The molecule has 0 radical (unpaired) electrons. The number of aryl methyl sites for hydroxylation is 2. The summed E-state index contributed by atoms with van der Waals surface area (Å²) in [5.41, 5.74) is 5.44. The maximum Gasteiger partial charge on any atom is 0.294 e. The molecule has 0 aliphatic carbocycles. The quantitative estimate of drug-likeness (QED) is 0.557. The molecule has 146 valence electrons. The Kier molecular flexibility index (Phi) is 5.16. The summed E-state index contributed by atoms with van der Waals surface area (Å²) >= 11 is 6.05. The summed E-state index contributed by atoms with van der Waals surface area (Å²) in [5, 5.41) is 11.5. The highest BCUT2D eigenvalue weighted by molar-refractivity contribution is 6.30. The van der Waals surface area contributed by atoms with Gasteiger partial charge in [0.15, 0.2) is 5.76 Å². The molecule has 1 heterocycles. The van der Waals surface area contributed by atoms with Crippen LogP contribution in [0.25, 0.3) is 5.57 Å². The van der Waals surface area contributed by atoms with E-state index in [-0.39, 0.29) is 5.76 Å². The van der Waals surface area contributed by atoms with Crippen molar-refractivity contribution < 1.29 is 9.90 Å². The van der Waals surface area contributed by atoms with Crippen molar-refractivity contribution in [1.29, 1.82) is 0 Å². The zero-order valence-corrected chi connectivity index (χ0v) is 17.1. The predicted octanol–water partition coefficient (Wildman–Crippen LogP) is 6.27. The van der Waals surface area contributed by atoms with Crippen molar-refractivity contribution in [3.8, 4) is 0 Å². The first kappa shape index (κ1) is 19.3. The molecule has 29 heavy (non-hydrogen) atoms. The van der Waals surface area contributed by atoms with Gasteiger partial charge in [0.2, 0.25) is 0 Å². The first-order chi connectivity index (χ1) is 14.0. The Balaban J connectivity index is 1.88. The molecule has 3 nitrogen and oxygen atoms in total. The number of aliphatic hydroxyl groups excluding tert-OH is 1. The molecule has 0 bridgehead atoms. The predicted molar refractivity (Wildman–Crippen MR) is 118 cm³/mol. The van der Waals surface area contributed by atoms with Crippen LogP contribution < -0.4 is 4.90 Å². The van der Waals surface area contributed by atoms with Crippen molar-refractivity contribution in [3.63, 3.8) is 0 Å². The van der Waals surface area contributed by atoms with Gasteiger partial charge in [0, 0.05) is 16.3 Å². The van der Waals surface area contributed by atoms with Crippen LogP contribution in [0.1, 0.15) is 35.2 Å². The summed E-state index contributed by atoms with van der Waals surface area (Å²) < 4.78 is 0. The molecular weight excluding hydrogens is 382 g/mol. The molecule has 0 fully saturated rings. The molecular formula is C25H22ClNO2. The van der Waals surface area contributed by atoms with Crippen molar-refractivity contribution in [2.75, 3.05) is 4.90 Å². The Morgan fingerprint density at radius 2 is 1.55 bits per heavy atom. The van der Waals surface area contributed by atoms with Crippen LogP contribution in [0, 0.1) is 6.92 Å². The van der Waals surface area contributed by atoms with E-state index in [2.05, 4.69) is 19.1 Å². The number of halogens is 1. The van der Waals surface area contributed by atoms with E-state index >= 15 is 0 Å². The first-order valence-electron chi connectivity index (χ1n) is 9.67. The second kappa shape index (κ2) is 7.76. The molecule has 3 aromatic carbocycles. The summed E-state index contributed by atoms with van der Waals surface area (Å²) in [6, 6.07) is 22.8. The third kappa shape index (κ3) is 3.54. The standard InChI is InChI=1S/C25H22ClNO2/c1-3-17-6-10-19(11-7-17)23-22(18-8-4-16(2)5-9-18)24(28)25(29)27(23)21-14-12-20(26)13-15-21/h4-15,23,28H,3H2,1-2H3/t23-/m0/s1. The molecule has 1 aliphatic rings. The molecule has 0 spiro atoms. The van der Waals surface area contributed by atoms with Gasteiger partial charge in [-0.1, -0.05) is 72.6 Å². The molecule has 4 heteroatoms. The fourth-order valence-electron chi connectivity index (χ4n) is 3.75. The lowest BCUT2D eigenvalue weighted by molar-refractivity contribution is -0.117. The van der Waals surface area contributed by atoms with Crippen LogP contribution in [-0.2, 0) is 11.2 Å². The van der Waals surface area contributed by atoms with Crippen molar-refractivity contribution in [2.24, 2.45) is 0 Å². The second-order valence-corrected chi connectivity index (χ2v) is 7.71. The van der Waals surface area contributed by atoms with Crippen LogP contribution in [0.3, 0.4) is 0 Å². The van der Waals surface area contributed by atoms with Crippen LogP contribution in [0.2, 0.25) is 5.02 Å². The third-order valence-electron chi connectivity index (χ3n) is 5.38. The van der Waals surface area contributed by atoms with E-state index in [9.17, 15) is 9.90 Å². The van der Waals surface area contributed by atoms with Crippen molar-refractivity contribution in [3.05, 3.63) is 106 Å². The van der Waals surface area contributed by atoms with Crippen molar-refractivity contribution in [1.82, 2.24) is 0 Å². The van der Waals surface area contributed by atoms with Gasteiger partial charge in [-0.2, -0.15) is 0 Å². The van der Waals surface area contributed by atoms with E-state index in [1.807, 2.05) is 43.3 Å². The number of amides is 1. The monoisotopic (exact) mass is 403 g/mol. The molecule has 4 rings (SSSR count). The number of rotatable bonds is 4. The molecule has 3 aromatic rings. The van der Waals surface area contributed by atoms with E-state index in [4.69, 9.17) is 11.6 Å². The van der Waals surface area contributed by atoms with Gasteiger partial charge in [-0.15, -0.1) is 0 Å². The number of benzene rings is 3. The van der Waals surface area contributed by atoms with Gasteiger partial charge in [-0.25, -0.2) is 0 Å². The van der Waals surface area contributed by atoms with Gasteiger partial charge in [-0.3, -0.25) is 9.69 Å². The Morgan fingerprint density at radius 1 is 0.931 bits per heavy atom. The van der Waals surface area contributed by atoms with Gasteiger partial charge in [0.25, 0.3) is 5.91 Å². The van der Waals surface area contributed by atoms with Crippen LogP contribution in [0.5, 0.6) is 0 Å². The molecule has 1 N–H and O–H groups in total. The van der Waals surface area contributed by atoms with Crippen LogP contribution in [0.15, 0.2) is 78.6 Å². The molecule has 0 unspecified atom stereocenters. The smallest absolute Gasteiger partial charge is 0.294 e. The van der Waals surface area contributed by atoms with E-state index in [0.29, 0.717) is 16.3 Å². The van der Waals surface area contributed by atoms with Gasteiger partial charge in [0.1, 0.15) is 0 Å². The van der Waals surface area contributed by atoms with Crippen LogP contribution in [-0.4, -0.2) is 11.0 Å². The van der Waals surface area contributed by atoms with Gasteiger partial charge < -0.3 is 5.11 Å². The summed E-state index contributed by atoms with van der Waals surface area (Å²) in [4.78, 5) is 14.8. The van der Waals surface area contributed by atoms with Crippen molar-refractivity contribution in [2.45, 2.75) is 26.3 Å². The van der Waals surface area contributed by atoms with Crippen LogP contribution in [0.4, 0.5) is 5.69 Å². The fourth-order valence-corrected chi connectivity index (χ4v) is 3.88. The number of carbonyl (C=O) groups is 1. The zero-order chi connectivity index (χ0) is 20.5. The van der Waals surface area contributed by atoms with Gasteiger partial charge in [0.05, 0.1) is 6.04 Å². The summed E-state index contributed by atoms with van der Waals surface area (Å²) in [6.07, 6.45) is 0.941. The molecule has 1 atom stereocenters. The van der Waals surface area contributed by atoms with Crippen LogP contribution >= 0.6 is 11.6 Å².